The highest BCUT2D eigenvalue weighted by molar-refractivity contribution is 6.01. The van der Waals surface area contributed by atoms with Gasteiger partial charge in [0, 0.05) is 42.0 Å². The lowest BCUT2D eigenvalue weighted by Crippen LogP contribution is -2.60. The number of carbonyl (C=O) groups excluding carboxylic acids is 4. The Hall–Kier alpha value is -11.8. The van der Waals surface area contributed by atoms with E-state index >= 15 is 0 Å². The first-order valence-corrected chi connectivity index (χ1v) is 38.8. The summed E-state index contributed by atoms with van der Waals surface area (Å²) in [5.74, 6) is -11.4. The van der Waals surface area contributed by atoms with Crippen LogP contribution in [0.4, 0.5) is 0 Å². The van der Waals surface area contributed by atoms with Gasteiger partial charge in [0.1, 0.15) is 178 Å². The normalized spacial score (nSPS) is 30.7. The number of aromatic hydroxyl groups is 3. The lowest BCUT2D eigenvalue weighted by atomic mass is 9.99. The first kappa shape index (κ1) is 94.3. The molecule has 26 atom stereocenters. The molecule has 0 spiro atoms. The number of benzene rings is 5. The van der Waals surface area contributed by atoms with E-state index in [1.54, 1.807) is 12.1 Å². The van der Waals surface area contributed by atoms with Crippen LogP contribution in [0.5, 0.6) is 46.0 Å². The number of fused-ring (bicyclic) bond motifs is 1. The largest absolute Gasteiger partial charge is 0.508 e. The predicted octanol–water partition coefficient (Wildman–Crippen LogP) is -3.41. The summed E-state index contributed by atoms with van der Waals surface area (Å²) in [5, 5.41) is 228. The molecule has 43 heteroatoms. The third-order valence-corrected chi connectivity index (χ3v) is 20.3. The minimum absolute atomic E-state index is 0.0324. The lowest BCUT2D eigenvalue weighted by Gasteiger charge is -2.40. The van der Waals surface area contributed by atoms with Crippen LogP contribution in [-0.4, -0.2) is 334 Å². The van der Waals surface area contributed by atoms with Crippen molar-refractivity contribution in [3.05, 3.63) is 196 Å². The van der Waals surface area contributed by atoms with Crippen LogP contribution in [-0.2, 0) is 66.6 Å². The summed E-state index contributed by atoms with van der Waals surface area (Å²) in [4.78, 5) is 75.1. The average Bonchev–Trinajstić information content (AvgIpc) is 0.759. The number of allylic oxidation sites excluding steroid dienone is 7. The molecule has 5 saturated heterocycles. The summed E-state index contributed by atoms with van der Waals surface area (Å²) < 4.78 is 89.6. The second kappa shape index (κ2) is 42.2. The van der Waals surface area contributed by atoms with E-state index in [9.17, 15) is 131 Å². The standard InChI is InChI=1S/C84H88O43/c85-41-13-1-36(2-14-41)9-21-58(91)112-31-52-64(97)69(102)74(107)80(123-52)117-44-17-5-38(6-18-44)11-23-60(93)114-33-54-66(99)71(104)76(109)82(125-54)120-49-25-40(79-51(29-46-47(88)27-43(87)28-48(46)119-79)122-84-78(111)73(106)68(101)56(127-84)35-116-62(95)30-57(89)90)26-50(63(49)96)121-83-77(110)72(105)67(100)55(126-83)34-115-61(94)24-12-39-7-19-45(20-8-39)118-81-75(108)70(103)65(98)53(124-81)32-113-59(92)22-10-37-3-15-42(86)16-4-37/h1-29,52-56,58,64-78,80-85,87,91-92,96-111H,30-35H2,(H,89,90)/p+1. The van der Waals surface area contributed by atoms with Crippen molar-refractivity contribution in [1.82, 2.24) is 0 Å². The molecule has 12 rings (SSSR count). The Morgan fingerprint density at radius 1 is 0.425 bits per heavy atom. The van der Waals surface area contributed by atoms with Gasteiger partial charge in [0.15, 0.2) is 46.9 Å². The number of aliphatic carboxylic acids is 1. The zero-order chi connectivity index (χ0) is 91.4. The van der Waals surface area contributed by atoms with Crippen LogP contribution in [0.2, 0.25) is 0 Å². The fourth-order valence-corrected chi connectivity index (χ4v) is 13.2. The maximum atomic E-state index is 13.5. The van der Waals surface area contributed by atoms with Crippen LogP contribution < -0.4 is 29.1 Å². The summed E-state index contributed by atoms with van der Waals surface area (Å²) in [7, 11) is 0. The Balaban J connectivity index is 0.742. The van der Waals surface area contributed by atoms with Crippen molar-refractivity contribution in [3.8, 4) is 68.6 Å². The summed E-state index contributed by atoms with van der Waals surface area (Å²) in [6, 6.07) is 21.6. The molecule has 43 nitrogen and oxygen atoms in total. The molecule has 0 radical (unpaired) electrons. The Kier molecular flexibility index (Phi) is 31.3. The highest BCUT2D eigenvalue weighted by atomic mass is 16.8. The number of rotatable bonds is 32. The summed E-state index contributed by atoms with van der Waals surface area (Å²) in [6.07, 6.45) is -35.4. The van der Waals surface area contributed by atoms with Gasteiger partial charge in [0.2, 0.25) is 37.2 Å². The molecule has 0 amide bonds. The number of carbonyl (C=O) groups is 5. The second-order valence-electron chi connectivity index (χ2n) is 29.4. The van der Waals surface area contributed by atoms with E-state index in [1.807, 2.05) is 0 Å². The summed E-state index contributed by atoms with van der Waals surface area (Å²) in [5.41, 5.74) is -0.0141. The van der Waals surface area contributed by atoms with Crippen molar-refractivity contribution in [1.29, 1.82) is 0 Å². The number of carboxylic acids is 1. The molecule has 22 N–H and O–H groups in total. The molecule has 8 aliphatic rings. The zero-order valence-corrected chi connectivity index (χ0v) is 65.9. The van der Waals surface area contributed by atoms with Gasteiger partial charge >= 0.3 is 23.9 Å². The smallest absolute Gasteiger partial charge is 0.330 e. The van der Waals surface area contributed by atoms with Crippen molar-refractivity contribution < 1.29 is 207 Å². The maximum Gasteiger partial charge on any atom is 0.330 e. The number of hydrogen-bond donors (Lipinski definition) is 21. The molecule has 4 aromatic carbocycles. The fraction of sp³-hybridized carbons (Fsp3) is 0.381. The number of phenols is 3. The average molecular weight is 1790 g/mol. The van der Waals surface area contributed by atoms with Gasteiger partial charge in [-0.05, 0) is 113 Å². The van der Waals surface area contributed by atoms with Gasteiger partial charge in [-0.25, -0.2) is 9.59 Å². The van der Waals surface area contributed by atoms with Crippen LogP contribution in [0.3, 0.4) is 0 Å². The molecule has 26 unspecified atom stereocenters. The molecule has 6 aliphatic heterocycles. The number of ether oxygens (including phenoxy) is 15. The molecule has 0 saturated carbocycles. The molecule has 6 heterocycles. The van der Waals surface area contributed by atoms with Gasteiger partial charge < -0.3 is 183 Å². The van der Waals surface area contributed by atoms with E-state index in [1.165, 1.54) is 115 Å². The van der Waals surface area contributed by atoms with Crippen molar-refractivity contribution >= 4 is 47.9 Å². The van der Waals surface area contributed by atoms with E-state index < -0.39 is 279 Å². The van der Waals surface area contributed by atoms with Crippen LogP contribution in [0.1, 0.15) is 23.1 Å². The number of aliphatic hydroxyl groups is 19. The lowest BCUT2D eigenvalue weighted by molar-refractivity contribution is -0.303. The maximum absolute atomic E-state index is 13.5. The highest BCUT2D eigenvalue weighted by Crippen LogP contribution is 2.48. The van der Waals surface area contributed by atoms with Gasteiger partial charge in [0.05, 0.1) is 5.56 Å². The van der Waals surface area contributed by atoms with Gasteiger partial charge in [-0.1, -0.05) is 48.6 Å². The number of aliphatic hydroxyl groups excluding tert-OH is 17. The van der Waals surface area contributed by atoms with Crippen LogP contribution >= 0.6 is 0 Å². The van der Waals surface area contributed by atoms with Crippen LogP contribution in [0.25, 0.3) is 40.9 Å². The molecule has 0 bridgehead atoms. The number of carboxylic acid groups (broad SMARTS) is 1. The Morgan fingerprint density at radius 2 is 0.827 bits per heavy atom. The third-order valence-electron chi connectivity index (χ3n) is 20.3. The predicted molar refractivity (Wildman–Crippen MR) is 421 cm³/mol. The van der Waals surface area contributed by atoms with Gasteiger partial charge in [0.25, 0.3) is 12.2 Å². The van der Waals surface area contributed by atoms with Gasteiger partial charge in [-0.3, -0.25) is 19.2 Å². The first-order chi connectivity index (χ1) is 60.5. The minimum atomic E-state index is -2.31. The molecule has 4 aromatic rings. The van der Waals surface area contributed by atoms with E-state index in [2.05, 4.69) is 4.74 Å². The number of esters is 3. The SMILES string of the molecule is O=C1C=CC(=CC=C(O)OCC2OC(Oc3ccc(C=CC(=O)OCC4OC(Oc5cc(-c6oc7cc(O)cc(=O)c-7cc6OC6OC(COC(=O)CC(=O)O)C(O)C(O)C6O)cc(OC6OC(COC(=O)C=Cc7ccc(OC8OC(C[OH+]C(O)C=Cc9ccc(O)cc9)C(O)C(O)C8O)cc7)C(O)C(O)C6O)c5O)C(O)C(O)C4O)cc3)C(O)C(O)C2O)C=C1. The zero-order valence-electron chi connectivity index (χ0n) is 65.9. The highest BCUT2D eigenvalue weighted by Gasteiger charge is 2.52. The molecule has 127 heavy (non-hydrogen) atoms. The Morgan fingerprint density at radius 3 is 1.28 bits per heavy atom. The monoisotopic (exact) mass is 1790 g/mol. The molecular weight excluding hydrogens is 1700 g/mol. The molecule has 2 aliphatic carbocycles. The van der Waals surface area contributed by atoms with Gasteiger partial charge in [-0.2, -0.15) is 0 Å². The van der Waals surface area contributed by atoms with Crippen molar-refractivity contribution in [3.63, 3.8) is 0 Å². The van der Waals surface area contributed by atoms with Crippen LogP contribution in [0.15, 0.2) is 179 Å². The van der Waals surface area contributed by atoms with Gasteiger partial charge in [-0.15, -0.1) is 0 Å². The molecule has 682 valence electrons. The van der Waals surface area contributed by atoms with Crippen molar-refractivity contribution in [2.24, 2.45) is 0 Å². The molecular formula is C84H89O43+. The molecule has 0 aromatic heterocycles. The van der Waals surface area contributed by atoms with E-state index in [4.69, 9.17) is 75.8 Å². The summed E-state index contributed by atoms with van der Waals surface area (Å²) in [6.45, 7) is -3.70. The van der Waals surface area contributed by atoms with E-state index in [-0.39, 0.29) is 29.6 Å². The number of ketones is 1. The number of hydrogen-bond acceptors (Lipinski definition) is 41. The minimum Gasteiger partial charge on any atom is -0.508 e. The van der Waals surface area contributed by atoms with Crippen molar-refractivity contribution in [2.75, 3.05) is 33.0 Å². The fourth-order valence-electron chi connectivity index (χ4n) is 13.2. The third kappa shape index (κ3) is 23.9. The van der Waals surface area contributed by atoms with E-state index in [0.29, 0.717) is 22.3 Å². The second-order valence-corrected chi connectivity index (χ2v) is 29.4. The number of phenolic OH excluding ortho intramolecular Hbond substituents is 3. The molecule has 5 fully saturated rings. The quantitative estimate of drug-likeness (QED) is 0.00372. The first-order valence-electron chi connectivity index (χ1n) is 38.8. The van der Waals surface area contributed by atoms with Crippen molar-refractivity contribution in [2.45, 2.75) is 166 Å². The Labute approximate surface area is 716 Å². The Bertz CT molecular complexity index is 5020. The van der Waals surface area contributed by atoms with E-state index in [0.717, 1.165) is 48.6 Å². The summed E-state index contributed by atoms with van der Waals surface area (Å²) >= 11 is 0. The topological polar surface area (TPSA) is 682 Å². The van der Waals surface area contributed by atoms with Crippen LogP contribution in [0, 0.1) is 0 Å².